The number of hydrogen-bond acceptors (Lipinski definition) is 7. The molecule has 0 aliphatic heterocycles. The maximum atomic E-state index is 12.2. The number of carbonyl (C=O) groups excluding carboxylic acids is 2. The van der Waals surface area contributed by atoms with Gasteiger partial charge in [0, 0.05) is 12.2 Å². The van der Waals surface area contributed by atoms with Gasteiger partial charge in [-0.1, -0.05) is 24.3 Å². The van der Waals surface area contributed by atoms with Crippen molar-refractivity contribution < 1.29 is 34.5 Å². The fourth-order valence-electron chi connectivity index (χ4n) is 2.08. The molecule has 0 aromatic carbocycles. The smallest absolute Gasteiger partial charge is 0.322 e. The first-order valence-electron chi connectivity index (χ1n) is 8.12. The molecule has 2 unspecified atom stereocenters. The first kappa shape index (κ1) is 22.7. The van der Waals surface area contributed by atoms with Gasteiger partial charge in [0.25, 0.3) is 0 Å². The van der Waals surface area contributed by atoms with Crippen LogP contribution in [0.3, 0.4) is 0 Å². The number of thioether (sulfide) groups is 1. The van der Waals surface area contributed by atoms with E-state index in [1.54, 1.807) is 24.3 Å². The molecule has 7 N–H and O–H groups in total. The van der Waals surface area contributed by atoms with Gasteiger partial charge < -0.3 is 31.7 Å². The number of carboxylic acids is 2. The number of carboxylic acid groups (broad SMARTS) is 2. The minimum absolute atomic E-state index is 0.0854. The molecule has 1 aliphatic rings. The first-order valence-corrected chi connectivity index (χ1v) is 9.17. The number of aliphatic hydroxyl groups is 1. The van der Waals surface area contributed by atoms with Crippen LogP contribution in [0.25, 0.3) is 0 Å². The van der Waals surface area contributed by atoms with Crippen LogP contribution in [0.4, 0.5) is 0 Å². The highest BCUT2D eigenvalue weighted by molar-refractivity contribution is 8.00. The van der Waals surface area contributed by atoms with Crippen LogP contribution in [-0.2, 0) is 19.2 Å². The Morgan fingerprint density at radius 3 is 2.41 bits per heavy atom. The number of rotatable bonds is 11. The summed E-state index contributed by atoms with van der Waals surface area (Å²) in [5.41, 5.74) is 5.34. The van der Waals surface area contributed by atoms with Crippen molar-refractivity contribution in [1.82, 2.24) is 10.6 Å². The van der Waals surface area contributed by atoms with E-state index in [1.165, 1.54) is 11.8 Å². The van der Waals surface area contributed by atoms with Crippen LogP contribution < -0.4 is 16.4 Å². The van der Waals surface area contributed by atoms with E-state index < -0.39 is 48.5 Å². The first-order chi connectivity index (χ1) is 12.7. The lowest BCUT2D eigenvalue weighted by Crippen LogP contribution is -2.50. The van der Waals surface area contributed by atoms with Gasteiger partial charge in [-0.3, -0.25) is 19.2 Å². The van der Waals surface area contributed by atoms with Crippen molar-refractivity contribution in [3.05, 3.63) is 24.3 Å². The fourth-order valence-corrected chi connectivity index (χ4v) is 3.22. The largest absolute Gasteiger partial charge is 0.480 e. The molecule has 11 heteroatoms. The summed E-state index contributed by atoms with van der Waals surface area (Å²) in [5, 5.41) is 31.6. The average molecular weight is 401 g/mol. The maximum absolute atomic E-state index is 12.2. The van der Waals surface area contributed by atoms with Crippen LogP contribution in [0.2, 0.25) is 0 Å². The third kappa shape index (κ3) is 8.71. The Morgan fingerprint density at radius 2 is 1.81 bits per heavy atom. The molecule has 150 valence electrons. The van der Waals surface area contributed by atoms with Gasteiger partial charge in [0.1, 0.15) is 18.6 Å². The van der Waals surface area contributed by atoms with E-state index in [9.17, 15) is 24.3 Å². The third-order valence-electron chi connectivity index (χ3n) is 3.58. The number of carbonyl (C=O) groups is 4. The van der Waals surface area contributed by atoms with E-state index in [0.717, 1.165) is 0 Å². The van der Waals surface area contributed by atoms with Crippen molar-refractivity contribution in [3.8, 4) is 0 Å². The van der Waals surface area contributed by atoms with Gasteiger partial charge in [-0.05, 0) is 6.42 Å². The molecule has 27 heavy (non-hydrogen) atoms. The summed E-state index contributed by atoms with van der Waals surface area (Å²) in [6.45, 7) is -0.603. The zero-order valence-corrected chi connectivity index (χ0v) is 15.2. The number of amides is 2. The van der Waals surface area contributed by atoms with Crippen LogP contribution in [0, 0.1) is 0 Å². The van der Waals surface area contributed by atoms with Crippen molar-refractivity contribution in [3.63, 3.8) is 0 Å². The Labute approximate surface area is 159 Å². The minimum atomic E-state index is -1.24. The topological polar surface area (TPSA) is 179 Å². The van der Waals surface area contributed by atoms with E-state index in [4.69, 9.17) is 15.9 Å². The molecule has 0 aromatic rings. The third-order valence-corrected chi connectivity index (χ3v) is 4.92. The number of allylic oxidation sites excluding steroid dienone is 2. The zero-order valence-electron chi connectivity index (χ0n) is 14.4. The second-order valence-electron chi connectivity index (χ2n) is 5.77. The predicted octanol–water partition coefficient (Wildman–Crippen LogP) is -1.55. The van der Waals surface area contributed by atoms with Gasteiger partial charge in [-0.2, -0.15) is 0 Å². The zero-order chi connectivity index (χ0) is 20.4. The predicted molar refractivity (Wildman–Crippen MR) is 98.0 cm³/mol. The van der Waals surface area contributed by atoms with Crippen molar-refractivity contribution in [2.24, 2.45) is 5.73 Å². The highest BCUT2D eigenvalue weighted by Gasteiger charge is 2.25. The molecule has 1 rings (SSSR count). The van der Waals surface area contributed by atoms with Crippen molar-refractivity contribution in [1.29, 1.82) is 0 Å². The van der Waals surface area contributed by atoms with Crippen molar-refractivity contribution >= 4 is 35.5 Å². The summed E-state index contributed by atoms with van der Waals surface area (Å²) in [6.07, 6.45) is 5.72. The van der Waals surface area contributed by atoms with Gasteiger partial charge >= 0.3 is 11.9 Å². The molecular formula is C16H23N3O7S. The highest BCUT2D eigenvalue weighted by Crippen LogP contribution is 2.21. The molecule has 0 saturated heterocycles. The highest BCUT2D eigenvalue weighted by atomic mass is 32.2. The van der Waals surface area contributed by atoms with Gasteiger partial charge in [0.2, 0.25) is 11.8 Å². The van der Waals surface area contributed by atoms with Gasteiger partial charge in [0.15, 0.2) is 0 Å². The van der Waals surface area contributed by atoms with Gasteiger partial charge in [-0.25, -0.2) is 0 Å². The second-order valence-corrected chi connectivity index (χ2v) is 6.98. The Hall–Kier alpha value is -2.37. The second kappa shape index (κ2) is 11.4. The minimum Gasteiger partial charge on any atom is -0.480 e. The van der Waals surface area contributed by atoms with Gasteiger partial charge in [-0.15, -0.1) is 11.8 Å². The van der Waals surface area contributed by atoms with Crippen LogP contribution >= 0.6 is 11.8 Å². The number of hydrogen-bond donors (Lipinski definition) is 6. The number of aliphatic carboxylic acids is 2. The summed E-state index contributed by atoms with van der Waals surface area (Å²) in [4.78, 5) is 45.5. The molecule has 0 aromatic heterocycles. The van der Waals surface area contributed by atoms with Gasteiger partial charge in [0.05, 0.1) is 11.4 Å². The van der Waals surface area contributed by atoms with E-state index in [1.807, 2.05) is 0 Å². The summed E-state index contributed by atoms with van der Waals surface area (Å²) in [7, 11) is 0. The lowest BCUT2D eigenvalue weighted by Gasteiger charge is -2.23. The summed E-state index contributed by atoms with van der Waals surface area (Å²) >= 11 is 1.22. The summed E-state index contributed by atoms with van der Waals surface area (Å²) < 4.78 is 0. The normalized spacial score (nSPS) is 20.5. The molecule has 0 saturated carbocycles. The Morgan fingerprint density at radius 1 is 1.15 bits per heavy atom. The molecule has 1 aliphatic carbocycles. The molecular weight excluding hydrogens is 378 g/mol. The number of nitrogens with two attached hydrogens (primary N) is 1. The Balaban J connectivity index is 2.63. The van der Waals surface area contributed by atoms with Crippen LogP contribution in [0.1, 0.15) is 12.8 Å². The van der Waals surface area contributed by atoms with Crippen molar-refractivity contribution in [2.45, 2.75) is 36.3 Å². The van der Waals surface area contributed by atoms with Crippen LogP contribution in [0.15, 0.2) is 24.3 Å². The lowest BCUT2D eigenvalue weighted by atomic mass is 10.1. The number of nitrogens with one attached hydrogen (secondary N) is 2. The molecule has 0 fully saturated rings. The molecule has 0 heterocycles. The summed E-state index contributed by atoms with van der Waals surface area (Å²) in [6, 6.07) is -2.24. The van der Waals surface area contributed by atoms with E-state index in [2.05, 4.69) is 10.6 Å². The standard InChI is InChI=1S/C16H23N3O7S/c17-9(16(25)26)5-6-13(21)19-10(15(24)18-7-14(22)23)8-27-12-4-2-1-3-11(12)20/h1-4,9-12,20H,5-8,17H2,(H,18,24)(H,19,21)(H,22,23)(H,25,26)/t9-,10-,11?,12?/m0/s1. The summed E-state index contributed by atoms with van der Waals surface area (Å²) in [5.74, 6) is -3.65. The Bertz CT molecular complexity index is 623. The quantitative estimate of drug-likeness (QED) is 0.239. The van der Waals surface area contributed by atoms with E-state index in [-0.39, 0.29) is 23.8 Å². The van der Waals surface area contributed by atoms with E-state index in [0.29, 0.717) is 0 Å². The van der Waals surface area contributed by atoms with Crippen molar-refractivity contribution in [2.75, 3.05) is 12.3 Å². The monoisotopic (exact) mass is 401 g/mol. The molecule has 10 nitrogen and oxygen atoms in total. The molecule has 0 radical (unpaired) electrons. The molecule has 0 spiro atoms. The SMILES string of the molecule is N[C@@H](CCC(=O)N[C@@H](CSC1C=CC=CC1O)C(=O)NCC(=O)O)C(=O)O. The van der Waals surface area contributed by atoms with Crippen LogP contribution in [0.5, 0.6) is 0 Å². The maximum Gasteiger partial charge on any atom is 0.322 e. The molecule has 4 atom stereocenters. The fraction of sp³-hybridized carbons (Fsp3) is 0.500. The van der Waals surface area contributed by atoms with E-state index >= 15 is 0 Å². The van der Waals surface area contributed by atoms with Crippen LogP contribution in [-0.4, -0.2) is 74.8 Å². The Kier molecular flexibility index (Phi) is 9.54. The molecule has 0 bridgehead atoms. The number of aliphatic hydroxyl groups excluding tert-OH is 1. The lowest BCUT2D eigenvalue weighted by molar-refractivity contribution is -0.139. The average Bonchev–Trinajstić information content (AvgIpc) is 2.62. The molecule has 2 amide bonds.